The molecule has 2 heterocycles. The van der Waals surface area contributed by atoms with Crippen molar-refractivity contribution >= 4 is 16.7 Å². The fraction of sp³-hybridized carbons (Fsp3) is 0.857. The number of hydrogen-bond donors (Lipinski definition) is 1. The van der Waals surface area contributed by atoms with Crippen molar-refractivity contribution in [2.75, 3.05) is 31.1 Å². The monoisotopic (exact) mass is 282 g/mol. The Morgan fingerprint density at radius 2 is 2.26 bits per heavy atom. The van der Waals surface area contributed by atoms with E-state index in [1.807, 2.05) is 0 Å². The average Bonchev–Trinajstić information content (AvgIpc) is 2.88. The highest BCUT2D eigenvalue weighted by Crippen LogP contribution is 2.21. The van der Waals surface area contributed by atoms with E-state index in [1.54, 1.807) is 11.5 Å². The molecule has 0 saturated carbocycles. The maximum Gasteiger partial charge on any atom is 0.205 e. The molecular weight excluding hydrogens is 256 g/mol. The van der Waals surface area contributed by atoms with E-state index in [2.05, 4.69) is 28.4 Å². The van der Waals surface area contributed by atoms with Gasteiger partial charge in [-0.15, -0.1) is 0 Å². The molecule has 1 aromatic heterocycles. The zero-order valence-corrected chi connectivity index (χ0v) is 13.0. The topological polar surface area (TPSA) is 41.1 Å². The lowest BCUT2D eigenvalue weighted by molar-refractivity contribution is 0.376. The minimum Gasteiger partial charge on any atom is -0.347 e. The van der Waals surface area contributed by atoms with Crippen LogP contribution < -0.4 is 10.2 Å². The minimum atomic E-state index is 0.763. The van der Waals surface area contributed by atoms with E-state index in [0.717, 1.165) is 49.3 Å². The molecular formula is C14H26N4S. The predicted octanol–water partition coefficient (Wildman–Crippen LogP) is 2.71. The molecule has 2 rings (SSSR count). The molecule has 0 radical (unpaired) electrons. The Hall–Kier alpha value is -0.680. The Morgan fingerprint density at radius 1 is 1.37 bits per heavy atom. The normalized spacial score (nSPS) is 19.6. The molecule has 0 bridgehead atoms. The minimum absolute atomic E-state index is 0.763. The number of anilines is 1. The highest BCUT2D eigenvalue weighted by molar-refractivity contribution is 7.09. The first-order valence-electron chi connectivity index (χ1n) is 7.61. The van der Waals surface area contributed by atoms with Crippen LogP contribution in [-0.2, 0) is 6.42 Å². The molecule has 108 valence electrons. The zero-order chi connectivity index (χ0) is 13.5. The third-order valence-corrected chi connectivity index (χ3v) is 4.39. The molecule has 0 aromatic carbocycles. The third-order valence-electron chi connectivity index (χ3n) is 3.57. The first kappa shape index (κ1) is 14.7. The second kappa shape index (κ2) is 7.80. The summed E-state index contributed by atoms with van der Waals surface area (Å²) in [6, 6.07) is 0. The highest BCUT2D eigenvalue weighted by Gasteiger charge is 2.19. The Labute approximate surface area is 120 Å². The molecule has 1 fully saturated rings. The summed E-state index contributed by atoms with van der Waals surface area (Å²) >= 11 is 1.57. The fourth-order valence-electron chi connectivity index (χ4n) is 2.62. The molecule has 1 aliphatic heterocycles. The predicted molar refractivity (Wildman–Crippen MR) is 82.0 cm³/mol. The Morgan fingerprint density at radius 3 is 2.95 bits per heavy atom. The second-order valence-corrected chi connectivity index (χ2v) is 6.13. The lowest BCUT2D eigenvalue weighted by atomic mass is 9.99. The van der Waals surface area contributed by atoms with E-state index in [4.69, 9.17) is 4.98 Å². The van der Waals surface area contributed by atoms with Crippen molar-refractivity contribution in [1.29, 1.82) is 0 Å². The number of nitrogens with one attached hydrogen (secondary N) is 1. The van der Waals surface area contributed by atoms with Crippen molar-refractivity contribution in [3.8, 4) is 0 Å². The summed E-state index contributed by atoms with van der Waals surface area (Å²) in [7, 11) is 0. The maximum atomic E-state index is 4.70. The van der Waals surface area contributed by atoms with Crippen LogP contribution in [0.25, 0.3) is 0 Å². The van der Waals surface area contributed by atoms with Gasteiger partial charge in [0.05, 0.1) is 0 Å². The Balaban J connectivity index is 1.96. The van der Waals surface area contributed by atoms with Gasteiger partial charge in [0.15, 0.2) is 0 Å². The van der Waals surface area contributed by atoms with Gasteiger partial charge in [-0.2, -0.15) is 4.37 Å². The quantitative estimate of drug-likeness (QED) is 0.835. The van der Waals surface area contributed by atoms with Gasteiger partial charge in [0.2, 0.25) is 5.13 Å². The molecule has 5 heteroatoms. The first-order valence-corrected chi connectivity index (χ1v) is 8.39. The molecule has 0 amide bonds. The van der Waals surface area contributed by atoms with Gasteiger partial charge in [-0.25, -0.2) is 4.98 Å². The lowest BCUT2D eigenvalue weighted by Gasteiger charge is -2.29. The number of aryl methyl sites for hydroxylation is 1. The molecule has 0 aliphatic carbocycles. The van der Waals surface area contributed by atoms with Crippen LogP contribution in [-0.4, -0.2) is 35.5 Å². The van der Waals surface area contributed by atoms with Gasteiger partial charge in [-0.05, 0) is 44.7 Å². The molecule has 1 aromatic rings. The van der Waals surface area contributed by atoms with Crippen LogP contribution in [0.3, 0.4) is 0 Å². The largest absolute Gasteiger partial charge is 0.347 e. The molecule has 4 nitrogen and oxygen atoms in total. The van der Waals surface area contributed by atoms with E-state index in [9.17, 15) is 0 Å². The van der Waals surface area contributed by atoms with Crippen LogP contribution in [0.2, 0.25) is 0 Å². The number of rotatable bonds is 7. The van der Waals surface area contributed by atoms with Crippen LogP contribution in [0.1, 0.15) is 45.4 Å². The van der Waals surface area contributed by atoms with Crippen molar-refractivity contribution in [2.45, 2.75) is 46.0 Å². The summed E-state index contributed by atoms with van der Waals surface area (Å²) in [5.74, 6) is 1.78. The van der Waals surface area contributed by atoms with E-state index >= 15 is 0 Å². The molecule has 1 N–H and O–H groups in total. The number of nitrogens with zero attached hydrogens (tertiary/aromatic N) is 3. The number of aromatic nitrogens is 2. The zero-order valence-electron chi connectivity index (χ0n) is 12.2. The van der Waals surface area contributed by atoms with E-state index < -0.39 is 0 Å². The second-order valence-electron chi connectivity index (χ2n) is 5.40. The van der Waals surface area contributed by atoms with Gasteiger partial charge < -0.3 is 10.2 Å². The van der Waals surface area contributed by atoms with Gasteiger partial charge >= 0.3 is 0 Å². The highest BCUT2D eigenvalue weighted by atomic mass is 32.1. The van der Waals surface area contributed by atoms with Crippen LogP contribution in [0.4, 0.5) is 5.13 Å². The Bertz CT molecular complexity index is 360. The number of hydrogen-bond acceptors (Lipinski definition) is 5. The summed E-state index contributed by atoms with van der Waals surface area (Å²) in [5.41, 5.74) is 0. The third kappa shape index (κ3) is 4.42. The molecule has 0 spiro atoms. The van der Waals surface area contributed by atoms with Gasteiger partial charge in [0, 0.05) is 31.0 Å². The van der Waals surface area contributed by atoms with Gasteiger partial charge in [-0.1, -0.05) is 13.8 Å². The van der Waals surface area contributed by atoms with Gasteiger partial charge in [0.1, 0.15) is 5.82 Å². The van der Waals surface area contributed by atoms with Crippen molar-refractivity contribution in [1.82, 2.24) is 14.7 Å². The first-order chi connectivity index (χ1) is 9.33. The standard InChI is InChI=1S/C14H26N4S/c1-3-6-13-16-14(19-17-13)18(9-4-2)11-12-7-5-8-15-10-12/h12,15H,3-11H2,1-2H3. The molecule has 1 aliphatic rings. The SMILES string of the molecule is CCCc1nsc(N(CCC)CC2CCCNC2)n1. The summed E-state index contributed by atoms with van der Waals surface area (Å²) in [6.07, 6.45) is 5.94. The summed E-state index contributed by atoms with van der Waals surface area (Å²) in [4.78, 5) is 7.14. The van der Waals surface area contributed by atoms with E-state index in [0.29, 0.717) is 0 Å². The van der Waals surface area contributed by atoms with Crippen molar-refractivity contribution in [3.63, 3.8) is 0 Å². The summed E-state index contributed by atoms with van der Waals surface area (Å²) in [5, 5.41) is 4.62. The molecule has 1 atom stereocenters. The number of piperidine rings is 1. The van der Waals surface area contributed by atoms with Crippen LogP contribution in [0, 0.1) is 5.92 Å². The van der Waals surface area contributed by atoms with Crippen LogP contribution >= 0.6 is 11.5 Å². The Kier molecular flexibility index (Phi) is 6.04. The summed E-state index contributed by atoms with van der Waals surface area (Å²) < 4.78 is 4.48. The average molecular weight is 282 g/mol. The van der Waals surface area contributed by atoms with Crippen LogP contribution in [0.5, 0.6) is 0 Å². The smallest absolute Gasteiger partial charge is 0.205 e. The van der Waals surface area contributed by atoms with Gasteiger partial charge in [-0.3, -0.25) is 0 Å². The van der Waals surface area contributed by atoms with E-state index in [-0.39, 0.29) is 0 Å². The van der Waals surface area contributed by atoms with Crippen LogP contribution in [0.15, 0.2) is 0 Å². The van der Waals surface area contributed by atoms with Crippen molar-refractivity contribution in [2.24, 2.45) is 5.92 Å². The fourth-order valence-corrected chi connectivity index (χ4v) is 3.37. The molecule has 1 saturated heterocycles. The van der Waals surface area contributed by atoms with Gasteiger partial charge in [0.25, 0.3) is 0 Å². The maximum absolute atomic E-state index is 4.70. The lowest BCUT2D eigenvalue weighted by Crippen LogP contribution is -2.38. The van der Waals surface area contributed by atoms with Crippen molar-refractivity contribution < 1.29 is 0 Å². The molecule has 19 heavy (non-hydrogen) atoms. The summed E-state index contributed by atoms with van der Waals surface area (Å²) in [6.45, 7) is 8.97. The van der Waals surface area contributed by atoms with Crippen molar-refractivity contribution in [3.05, 3.63) is 5.82 Å². The van der Waals surface area contributed by atoms with E-state index in [1.165, 1.54) is 25.8 Å². The molecule has 1 unspecified atom stereocenters.